The van der Waals surface area contributed by atoms with Crippen LogP contribution in [0.3, 0.4) is 0 Å². The topological polar surface area (TPSA) is 17.8 Å². The van der Waals surface area contributed by atoms with Crippen molar-refractivity contribution in [1.82, 2.24) is 9.55 Å². The molecule has 228 valence electrons. The van der Waals surface area contributed by atoms with Gasteiger partial charge in [0.1, 0.15) is 0 Å². The summed E-state index contributed by atoms with van der Waals surface area (Å²) in [5, 5.41) is 9.88. The van der Waals surface area contributed by atoms with Gasteiger partial charge in [-0.2, -0.15) is 0 Å². The Morgan fingerprint density at radius 1 is 0.367 bits per heavy atom. The van der Waals surface area contributed by atoms with Crippen LogP contribution in [0.5, 0.6) is 0 Å². The van der Waals surface area contributed by atoms with E-state index in [4.69, 9.17) is 4.98 Å². The average molecular weight is 623 g/mol. The van der Waals surface area contributed by atoms with Crippen LogP contribution >= 0.6 is 0 Å². The second-order valence-electron chi connectivity index (χ2n) is 12.7. The van der Waals surface area contributed by atoms with E-state index in [9.17, 15) is 0 Å². The fourth-order valence-corrected chi connectivity index (χ4v) is 7.84. The van der Waals surface area contributed by atoms with E-state index in [0.29, 0.717) is 0 Å². The number of fused-ring (bicyclic) bond motifs is 7. The van der Waals surface area contributed by atoms with Crippen LogP contribution < -0.4 is 0 Å². The maximum absolute atomic E-state index is 5.16. The number of nitrogens with zero attached hydrogens (tertiary/aromatic N) is 2. The Kier molecular flexibility index (Phi) is 6.22. The van der Waals surface area contributed by atoms with Gasteiger partial charge < -0.3 is 4.57 Å². The van der Waals surface area contributed by atoms with Crippen molar-refractivity contribution in [2.75, 3.05) is 0 Å². The van der Waals surface area contributed by atoms with Crippen LogP contribution in [0, 0.1) is 0 Å². The fourth-order valence-electron chi connectivity index (χ4n) is 7.84. The van der Waals surface area contributed by atoms with Gasteiger partial charge in [0, 0.05) is 39.2 Å². The van der Waals surface area contributed by atoms with Gasteiger partial charge in [-0.3, -0.25) is 4.98 Å². The third-order valence-electron chi connectivity index (χ3n) is 10.0. The molecule has 10 rings (SSSR count). The zero-order valence-electron chi connectivity index (χ0n) is 26.7. The van der Waals surface area contributed by atoms with Crippen molar-refractivity contribution in [3.63, 3.8) is 0 Å². The van der Waals surface area contributed by atoms with Crippen LogP contribution in [0.2, 0.25) is 0 Å². The van der Waals surface area contributed by atoms with Crippen LogP contribution in [0.25, 0.3) is 93.3 Å². The Hall–Kier alpha value is -6.51. The van der Waals surface area contributed by atoms with Crippen molar-refractivity contribution < 1.29 is 0 Å². The number of para-hydroxylation sites is 1. The first-order chi connectivity index (χ1) is 24.3. The quantitative estimate of drug-likeness (QED) is 0.179. The van der Waals surface area contributed by atoms with E-state index in [2.05, 4.69) is 180 Å². The summed E-state index contributed by atoms with van der Waals surface area (Å²) in [6.07, 6.45) is 2.04. The zero-order valence-corrected chi connectivity index (χ0v) is 26.7. The molecule has 2 aromatic heterocycles. The molecule has 2 heteroatoms. The van der Waals surface area contributed by atoms with Crippen LogP contribution in [0.15, 0.2) is 182 Å². The van der Waals surface area contributed by atoms with E-state index >= 15 is 0 Å². The van der Waals surface area contributed by atoms with E-state index in [0.717, 1.165) is 22.5 Å². The molecule has 0 radical (unpaired) electrons. The van der Waals surface area contributed by atoms with Crippen molar-refractivity contribution in [2.24, 2.45) is 0 Å². The Balaban J connectivity index is 1.15. The number of pyridine rings is 1. The summed E-state index contributed by atoms with van der Waals surface area (Å²) < 4.78 is 2.41. The molecule has 10 aromatic rings. The molecule has 8 aromatic carbocycles. The highest BCUT2D eigenvalue weighted by Gasteiger charge is 2.18. The van der Waals surface area contributed by atoms with Crippen LogP contribution in [-0.4, -0.2) is 9.55 Å². The molecule has 0 fully saturated rings. The van der Waals surface area contributed by atoms with Crippen molar-refractivity contribution in [1.29, 1.82) is 0 Å². The van der Waals surface area contributed by atoms with Crippen molar-refractivity contribution in [2.45, 2.75) is 0 Å². The summed E-state index contributed by atoms with van der Waals surface area (Å²) in [4.78, 5) is 5.16. The molecular weight excluding hydrogens is 593 g/mol. The molecule has 0 aliphatic rings. The zero-order chi connectivity index (χ0) is 32.3. The molecule has 0 spiro atoms. The third-order valence-corrected chi connectivity index (χ3v) is 10.0. The van der Waals surface area contributed by atoms with E-state index in [1.54, 1.807) is 0 Å². The monoisotopic (exact) mass is 622 g/mol. The Morgan fingerprint density at radius 2 is 0.959 bits per heavy atom. The molecule has 0 amide bonds. The van der Waals surface area contributed by atoms with Gasteiger partial charge in [0.05, 0.1) is 16.7 Å². The van der Waals surface area contributed by atoms with Gasteiger partial charge in [0.25, 0.3) is 0 Å². The lowest BCUT2D eigenvalue weighted by Crippen LogP contribution is -1.94. The molecule has 2 heterocycles. The number of hydrogen-bond acceptors (Lipinski definition) is 1. The lowest BCUT2D eigenvalue weighted by Gasteiger charge is -2.17. The highest BCUT2D eigenvalue weighted by atomic mass is 15.0. The minimum atomic E-state index is 0.976. The molecule has 0 unspecified atom stereocenters. The van der Waals surface area contributed by atoms with Gasteiger partial charge in [0.15, 0.2) is 0 Å². The summed E-state index contributed by atoms with van der Waals surface area (Å²) in [6.45, 7) is 0. The van der Waals surface area contributed by atoms with Crippen LogP contribution in [0.4, 0.5) is 0 Å². The van der Waals surface area contributed by atoms with E-state index in [1.165, 1.54) is 70.8 Å². The Labute approximate surface area is 284 Å². The maximum Gasteiger partial charge on any atom is 0.0714 e. The number of rotatable bonds is 4. The standard InChI is InChI=1S/C47H30N2/c1-3-14-32(15-4-1)45-37-19-9-11-21-39(37)46(40-22-12-10-20-38(40)45)43-27-24-34(30-48-43)33-25-28-44-42(29-33)41-26-23-31-13-7-8-18-36(31)47(41)49(44)35-16-5-2-6-17-35/h1-30H. The molecule has 49 heavy (non-hydrogen) atoms. The van der Waals surface area contributed by atoms with Gasteiger partial charge in [-0.1, -0.05) is 146 Å². The smallest absolute Gasteiger partial charge is 0.0714 e. The predicted octanol–water partition coefficient (Wildman–Crippen LogP) is 12.6. The van der Waals surface area contributed by atoms with Crippen LogP contribution in [-0.2, 0) is 0 Å². The Bertz CT molecular complexity index is 2790. The number of aromatic nitrogens is 2. The van der Waals surface area contributed by atoms with E-state index in [-0.39, 0.29) is 0 Å². The third kappa shape index (κ3) is 4.31. The molecule has 2 nitrogen and oxygen atoms in total. The first-order valence-electron chi connectivity index (χ1n) is 16.8. The van der Waals surface area contributed by atoms with Gasteiger partial charge in [-0.05, 0) is 74.0 Å². The average Bonchev–Trinajstić information content (AvgIpc) is 3.52. The fraction of sp³-hybridized carbons (Fsp3) is 0. The van der Waals surface area contributed by atoms with Gasteiger partial charge in [0.2, 0.25) is 0 Å². The minimum absolute atomic E-state index is 0.976. The molecule has 0 aliphatic heterocycles. The summed E-state index contributed by atoms with van der Waals surface area (Å²) in [7, 11) is 0. The van der Waals surface area contributed by atoms with Crippen molar-refractivity contribution in [3.05, 3.63) is 182 Å². The molecule has 0 saturated heterocycles. The summed E-state index contributed by atoms with van der Waals surface area (Å²) in [5.41, 5.74) is 10.5. The van der Waals surface area contributed by atoms with Crippen molar-refractivity contribution in [3.8, 4) is 39.2 Å². The van der Waals surface area contributed by atoms with E-state index < -0.39 is 0 Å². The summed E-state index contributed by atoms with van der Waals surface area (Å²) in [5.74, 6) is 0. The van der Waals surface area contributed by atoms with Crippen molar-refractivity contribution >= 4 is 54.1 Å². The second-order valence-corrected chi connectivity index (χ2v) is 12.7. The second kappa shape index (κ2) is 11.0. The van der Waals surface area contributed by atoms with Gasteiger partial charge >= 0.3 is 0 Å². The molecule has 0 N–H and O–H groups in total. The van der Waals surface area contributed by atoms with Crippen LogP contribution in [0.1, 0.15) is 0 Å². The Morgan fingerprint density at radius 3 is 1.63 bits per heavy atom. The highest BCUT2D eigenvalue weighted by Crippen LogP contribution is 2.44. The normalized spacial score (nSPS) is 11.7. The minimum Gasteiger partial charge on any atom is -0.309 e. The van der Waals surface area contributed by atoms with Gasteiger partial charge in [-0.25, -0.2) is 0 Å². The first kappa shape index (κ1) is 27.6. The van der Waals surface area contributed by atoms with Gasteiger partial charge in [-0.15, -0.1) is 0 Å². The summed E-state index contributed by atoms with van der Waals surface area (Å²) in [6, 6.07) is 63.4. The van der Waals surface area contributed by atoms with E-state index in [1.807, 2.05) is 6.20 Å². The lowest BCUT2D eigenvalue weighted by molar-refractivity contribution is 1.19. The molecule has 0 atom stereocenters. The number of benzene rings is 8. The molecule has 0 bridgehead atoms. The first-order valence-corrected chi connectivity index (χ1v) is 16.8. The molecule has 0 aliphatic carbocycles. The SMILES string of the molecule is c1ccc(-c2c3ccccc3c(-c3ccc(-c4ccc5c(c4)c4ccc6ccccc6c4n5-c4ccccc4)cn3)c3ccccc23)cc1. The summed E-state index contributed by atoms with van der Waals surface area (Å²) >= 11 is 0. The predicted molar refractivity (Wildman–Crippen MR) is 207 cm³/mol. The largest absolute Gasteiger partial charge is 0.309 e. The maximum atomic E-state index is 5.16. The molecule has 0 saturated carbocycles. The lowest BCUT2D eigenvalue weighted by atomic mass is 9.87. The molecular formula is C47H30N2. The number of hydrogen-bond donors (Lipinski definition) is 0. The highest BCUT2D eigenvalue weighted by molar-refractivity contribution is 6.21.